The number of ether oxygens (including phenoxy) is 2. The highest BCUT2D eigenvalue weighted by Crippen LogP contribution is 2.34. The van der Waals surface area contributed by atoms with Gasteiger partial charge in [0, 0.05) is 5.02 Å². The van der Waals surface area contributed by atoms with E-state index >= 15 is 0 Å². The Kier molecular flexibility index (Phi) is 6.88. The Hall–Kier alpha value is -2.68. The lowest BCUT2D eigenvalue weighted by molar-refractivity contribution is -0.139. The van der Waals surface area contributed by atoms with Crippen LogP contribution in [0.3, 0.4) is 0 Å². The van der Waals surface area contributed by atoms with Crippen molar-refractivity contribution in [3.05, 3.63) is 94.0 Å². The van der Waals surface area contributed by atoms with Crippen LogP contribution in [0.15, 0.2) is 68.0 Å². The van der Waals surface area contributed by atoms with E-state index < -0.39 is 12.0 Å². The van der Waals surface area contributed by atoms with Gasteiger partial charge in [0.15, 0.2) is 4.80 Å². The first-order chi connectivity index (χ1) is 15.8. The number of halogens is 2. The first-order valence-electron chi connectivity index (χ1n) is 10.1. The SMILES string of the molecule is CCOC(=O)C1=C(C)N=c2s/c(=C\c3ccc(OC)c(Br)c3)c(=O)n2[C@H]1c1ccccc1Cl. The predicted octanol–water partition coefficient (Wildman–Crippen LogP) is 4.22. The summed E-state index contributed by atoms with van der Waals surface area (Å²) in [6.45, 7) is 3.69. The average Bonchev–Trinajstić information content (AvgIpc) is 3.08. The van der Waals surface area contributed by atoms with Gasteiger partial charge in [-0.3, -0.25) is 9.36 Å². The number of benzene rings is 2. The van der Waals surface area contributed by atoms with Gasteiger partial charge >= 0.3 is 5.97 Å². The molecule has 4 rings (SSSR count). The largest absolute Gasteiger partial charge is 0.496 e. The van der Waals surface area contributed by atoms with Crippen LogP contribution in [0.2, 0.25) is 5.02 Å². The Balaban J connectivity index is 1.95. The summed E-state index contributed by atoms with van der Waals surface area (Å²) in [7, 11) is 1.59. The third-order valence-electron chi connectivity index (χ3n) is 5.19. The monoisotopic (exact) mass is 546 g/mol. The molecule has 0 saturated heterocycles. The summed E-state index contributed by atoms with van der Waals surface area (Å²) >= 11 is 11.2. The molecule has 0 N–H and O–H groups in total. The molecule has 0 unspecified atom stereocenters. The molecule has 1 aromatic heterocycles. The zero-order chi connectivity index (χ0) is 23.7. The molecule has 170 valence electrons. The Morgan fingerprint density at radius 3 is 2.73 bits per heavy atom. The van der Waals surface area contributed by atoms with Crippen LogP contribution in [-0.4, -0.2) is 24.3 Å². The minimum Gasteiger partial charge on any atom is -0.496 e. The van der Waals surface area contributed by atoms with Crippen LogP contribution in [0, 0.1) is 0 Å². The number of carbonyl (C=O) groups is 1. The number of fused-ring (bicyclic) bond motifs is 1. The third kappa shape index (κ3) is 4.43. The maximum atomic E-state index is 13.6. The van der Waals surface area contributed by atoms with Crippen molar-refractivity contribution in [2.45, 2.75) is 19.9 Å². The molecular weight excluding hydrogens is 528 g/mol. The van der Waals surface area contributed by atoms with E-state index in [1.807, 2.05) is 30.3 Å². The van der Waals surface area contributed by atoms with Gasteiger partial charge in [0.25, 0.3) is 5.56 Å². The molecule has 2 aromatic carbocycles. The maximum Gasteiger partial charge on any atom is 0.338 e. The summed E-state index contributed by atoms with van der Waals surface area (Å²) in [5, 5.41) is 0.452. The number of carbonyl (C=O) groups excluding carboxylic acids is 1. The lowest BCUT2D eigenvalue weighted by atomic mass is 9.96. The van der Waals surface area contributed by atoms with Crippen molar-refractivity contribution in [2.75, 3.05) is 13.7 Å². The van der Waals surface area contributed by atoms with Crippen molar-refractivity contribution in [3.63, 3.8) is 0 Å². The number of hydrogen-bond donors (Lipinski definition) is 0. The van der Waals surface area contributed by atoms with Crippen molar-refractivity contribution in [1.29, 1.82) is 0 Å². The summed E-state index contributed by atoms with van der Waals surface area (Å²) in [5.41, 5.74) is 2.00. The number of aromatic nitrogens is 1. The molecule has 0 saturated carbocycles. The summed E-state index contributed by atoms with van der Waals surface area (Å²) in [6.07, 6.45) is 1.79. The maximum absolute atomic E-state index is 13.6. The number of nitrogens with zero attached hydrogens (tertiary/aromatic N) is 2. The molecule has 0 spiro atoms. The normalized spacial score (nSPS) is 15.8. The Morgan fingerprint density at radius 1 is 1.30 bits per heavy atom. The van der Waals surface area contributed by atoms with E-state index in [1.165, 1.54) is 15.9 Å². The van der Waals surface area contributed by atoms with Gasteiger partial charge in [0.1, 0.15) is 11.8 Å². The van der Waals surface area contributed by atoms with E-state index in [9.17, 15) is 9.59 Å². The van der Waals surface area contributed by atoms with Gasteiger partial charge in [-0.05, 0) is 65.2 Å². The first kappa shape index (κ1) is 23.5. The highest BCUT2D eigenvalue weighted by atomic mass is 79.9. The van der Waals surface area contributed by atoms with E-state index in [1.54, 1.807) is 39.2 Å². The topological polar surface area (TPSA) is 69.9 Å². The smallest absolute Gasteiger partial charge is 0.338 e. The van der Waals surface area contributed by atoms with E-state index in [4.69, 9.17) is 21.1 Å². The van der Waals surface area contributed by atoms with Crippen LogP contribution in [0.25, 0.3) is 6.08 Å². The second-order valence-corrected chi connectivity index (χ2v) is 9.49. The molecule has 3 aromatic rings. The van der Waals surface area contributed by atoms with Gasteiger partial charge in [-0.1, -0.05) is 47.2 Å². The third-order valence-corrected chi connectivity index (χ3v) is 7.14. The summed E-state index contributed by atoms with van der Waals surface area (Å²) < 4.78 is 13.4. The molecule has 33 heavy (non-hydrogen) atoms. The molecular formula is C24H20BrClN2O4S. The first-order valence-corrected chi connectivity index (χ1v) is 12.1. The van der Waals surface area contributed by atoms with Crippen molar-refractivity contribution in [1.82, 2.24) is 4.57 Å². The number of methoxy groups -OCH3 is 1. The molecule has 9 heteroatoms. The number of allylic oxidation sites excluding steroid dienone is 1. The molecule has 1 aliphatic rings. The second kappa shape index (κ2) is 9.67. The number of rotatable bonds is 5. The van der Waals surface area contributed by atoms with E-state index in [0.29, 0.717) is 36.9 Å². The molecule has 1 atom stereocenters. The molecule has 0 amide bonds. The highest BCUT2D eigenvalue weighted by molar-refractivity contribution is 9.10. The zero-order valence-electron chi connectivity index (χ0n) is 18.1. The van der Waals surface area contributed by atoms with Crippen LogP contribution in [0.4, 0.5) is 0 Å². The molecule has 0 bridgehead atoms. The zero-order valence-corrected chi connectivity index (χ0v) is 21.3. The molecule has 2 heterocycles. The van der Waals surface area contributed by atoms with Crippen molar-refractivity contribution < 1.29 is 14.3 Å². The van der Waals surface area contributed by atoms with Gasteiger partial charge in [-0.25, -0.2) is 9.79 Å². The standard InChI is InChI=1S/C24H20BrClN2O4S/c1-4-32-23(30)20-13(2)27-24-28(21(20)15-7-5-6-8-17(15)26)22(29)19(33-24)12-14-9-10-18(31-3)16(25)11-14/h5-12,21H,4H2,1-3H3/b19-12-/t21-/m0/s1. The van der Waals surface area contributed by atoms with E-state index in [0.717, 1.165) is 10.0 Å². The van der Waals surface area contributed by atoms with Crippen molar-refractivity contribution in [3.8, 4) is 5.75 Å². The van der Waals surface area contributed by atoms with Crippen LogP contribution in [0.5, 0.6) is 5.75 Å². The highest BCUT2D eigenvalue weighted by Gasteiger charge is 2.34. The quantitative estimate of drug-likeness (QED) is 0.449. The van der Waals surface area contributed by atoms with Gasteiger partial charge < -0.3 is 9.47 Å². The summed E-state index contributed by atoms with van der Waals surface area (Å²) in [4.78, 5) is 31.5. The lowest BCUT2D eigenvalue weighted by Crippen LogP contribution is -2.40. The molecule has 0 fully saturated rings. The molecule has 0 aliphatic carbocycles. The number of esters is 1. The predicted molar refractivity (Wildman–Crippen MR) is 133 cm³/mol. The van der Waals surface area contributed by atoms with Crippen molar-refractivity contribution >= 4 is 50.9 Å². The fraction of sp³-hybridized carbons (Fsp3) is 0.208. The lowest BCUT2D eigenvalue weighted by Gasteiger charge is -2.25. The Morgan fingerprint density at radius 2 is 2.06 bits per heavy atom. The van der Waals surface area contributed by atoms with Gasteiger partial charge in [0.05, 0.1) is 34.0 Å². The van der Waals surface area contributed by atoms with Crippen LogP contribution < -0.4 is 19.6 Å². The van der Waals surface area contributed by atoms with Crippen molar-refractivity contribution in [2.24, 2.45) is 4.99 Å². The van der Waals surface area contributed by atoms with E-state index in [-0.39, 0.29) is 12.2 Å². The minimum absolute atomic E-state index is 0.210. The molecule has 6 nitrogen and oxygen atoms in total. The molecule has 0 radical (unpaired) electrons. The van der Waals surface area contributed by atoms with Gasteiger partial charge in [0.2, 0.25) is 0 Å². The fourth-order valence-corrected chi connectivity index (χ4v) is 5.55. The van der Waals surface area contributed by atoms with Crippen LogP contribution >= 0.6 is 38.9 Å². The fourth-order valence-electron chi connectivity index (χ4n) is 3.71. The van der Waals surface area contributed by atoms with Crippen LogP contribution in [0.1, 0.15) is 31.0 Å². The Bertz CT molecular complexity index is 1460. The second-order valence-electron chi connectivity index (χ2n) is 7.22. The van der Waals surface area contributed by atoms with Gasteiger partial charge in [-0.15, -0.1) is 0 Å². The van der Waals surface area contributed by atoms with Crippen LogP contribution in [-0.2, 0) is 9.53 Å². The average molecular weight is 548 g/mol. The Labute approximate surface area is 207 Å². The van der Waals surface area contributed by atoms with E-state index in [2.05, 4.69) is 20.9 Å². The molecule has 1 aliphatic heterocycles. The summed E-state index contributed by atoms with van der Waals surface area (Å²) in [5.74, 6) is 0.180. The van der Waals surface area contributed by atoms with Gasteiger partial charge in [-0.2, -0.15) is 0 Å². The minimum atomic E-state index is -0.737. The summed E-state index contributed by atoms with van der Waals surface area (Å²) in [6, 6.07) is 12.0. The number of thiazole rings is 1. The number of hydrogen-bond acceptors (Lipinski definition) is 6.